The van der Waals surface area contributed by atoms with Gasteiger partial charge in [-0.1, -0.05) is 0 Å². The second-order valence-corrected chi connectivity index (χ2v) is 4.74. The molecule has 1 unspecified atom stereocenters. The topological polar surface area (TPSA) is 54.4 Å². The van der Waals surface area contributed by atoms with E-state index in [9.17, 15) is 9.50 Å². The zero-order chi connectivity index (χ0) is 14.6. The predicted molar refractivity (Wildman–Crippen MR) is 75.2 cm³/mol. The summed E-state index contributed by atoms with van der Waals surface area (Å²) in [6.07, 6.45) is 2.67. The number of ether oxygens (including phenoxy) is 1. The number of nitrogens with one attached hydrogen (secondary N) is 1. The fourth-order valence-corrected chi connectivity index (χ4v) is 1.91. The highest BCUT2D eigenvalue weighted by Crippen LogP contribution is 2.26. The van der Waals surface area contributed by atoms with Crippen LogP contribution in [0.25, 0.3) is 0 Å². The molecule has 2 N–H and O–H groups in total. The second-order valence-electron chi connectivity index (χ2n) is 4.74. The number of halogens is 1. The van der Waals surface area contributed by atoms with E-state index in [1.165, 1.54) is 12.3 Å². The third kappa shape index (κ3) is 3.05. The monoisotopic (exact) mass is 276 g/mol. The van der Waals surface area contributed by atoms with Crippen molar-refractivity contribution < 1.29 is 14.2 Å². The summed E-state index contributed by atoms with van der Waals surface area (Å²) in [6.45, 7) is 1.60. The Morgan fingerprint density at radius 3 is 2.55 bits per heavy atom. The highest BCUT2D eigenvalue weighted by atomic mass is 19.1. The maximum absolute atomic E-state index is 13.3. The van der Waals surface area contributed by atoms with Gasteiger partial charge in [0.25, 0.3) is 0 Å². The molecule has 0 spiro atoms. The molecule has 0 aliphatic carbocycles. The maximum Gasteiger partial charge on any atom is 0.141 e. The van der Waals surface area contributed by atoms with Crippen molar-refractivity contribution in [2.45, 2.75) is 12.5 Å². The molecule has 1 aromatic carbocycles. The average molecular weight is 276 g/mol. The van der Waals surface area contributed by atoms with Gasteiger partial charge >= 0.3 is 0 Å². The van der Waals surface area contributed by atoms with Gasteiger partial charge in [-0.15, -0.1) is 0 Å². The van der Waals surface area contributed by atoms with E-state index >= 15 is 0 Å². The lowest BCUT2D eigenvalue weighted by molar-refractivity contribution is 0.223. The van der Waals surface area contributed by atoms with Crippen LogP contribution < -0.4 is 10.1 Å². The molecule has 5 heteroatoms. The summed E-state index contributed by atoms with van der Waals surface area (Å²) >= 11 is 0. The van der Waals surface area contributed by atoms with Gasteiger partial charge in [0.1, 0.15) is 11.6 Å². The number of methoxy groups -OCH3 is 1. The predicted octanol–water partition coefficient (Wildman–Crippen LogP) is 2.55. The molecule has 0 aliphatic heterocycles. The quantitative estimate of drug-likeness (QED) is 0.881. The van der Waals surface area contributed by atoms with Gasteiger partial charge in [-0.3, -0.25) is 4.98 Å². The Hall–Kier alpha value is -2.14. The standard InChI is InChI=1S/C15H17FN2O2/c1-15(10-19,11-7-12(16)9-17-8-11)18-13-3-5-14(20-2)6-4-13/h3-9,18-19H,10H2,1-2H3. The molecule has 0 fully saturated rings. The van der Waals surface area contributed by atoms with Crippen molar-refractivity contribution >= 4 is 5.69 Å². The fraction of sp³-hybridized carbons (Fsp3) is 0.267. The lowest BCUT2D eigenvalue weighted by Crippen LogP contribution is -2.36. The summed E-state index contributed by atoms with van der Waals surface area (Å²) in [5.74, 6) is 0.312. The largest absolute Gasteiger partial charge is 0.497 e. The Labute approximate surface area is 117 Å². The van der Waals surface area contributed by atoms with Crippen molar-refractivity contribution in [2.24, 2.45) is 0 Å². The number of rotatable bonds is 5. The lowest BCUT2D eigenvalue weighted by atomic mass is 9.94. The van der Waals surface area contributed by atoms with Crippen LogP contribution in [0.3, 0.4) is 0 Å². The summed E-state index contributed by atoms with van der Waals surface area (Å²) in [4.78, 5) is 3.82. The molecule has 0 aliphatic rings. The number of aromatic nitrogens is 1. The van der Waals surface area contributed by atoms with Crippen LogP contribution in [0.1, 0.15) is 12.5 Å². The first-order chi connectivity index (χ1) is 9.57. The van der Waals surface area contributed by atoms with Gasteiger partial charge in [-0.2, -0.15) is 0 Å². The van der Waals surface area contributed by atoms with E-state index in [-0.39, 0.29) is 6.61 Å². The Morgan fingerprint density at radius 1 is 1.30 bits per heavy atom. The molecule has 0 radical (unpaired) electrons. The number of pyridine rings is 1. The van der Waals surface area contributed by atoms with E-state index in [1.54, 1.807) is 14.0 Å². The number of hydrogen-bond acceptors (Lipinski definition) is 4. The molecule has 1 aromatic heterocycles. The van der Waals surface area contributed by atoms with E-state index in [2.05, 4.69) is 10.3 Å². The maximum atomic E-state index is 13.3. The van der Waals surface area contributed by atoms with Gasteiger partial charge in [0.15, 0.2) is 0 Å². The zero-order valence-electron chi connectivity index (χ0n) is 11.4. The third-order valence-corrected chi connectivity index (χ3v) is 3.17. The zero-order valence-corrected chi connectivity index (χ0v) is 11.4. The molecule has 106 valence electrons. The Balaban J connectivity index is 2.26. The summed E-state index contributed by atoms with van der Waals surface area (Å²) < 4.78 is 18.4. The smallest absolute Gasteiger partial charge is 0.141 e. The molecule has 2 aromatic rings. The summed E-state index contributed by atoms with van der Waals surface area (Å²) in [5.41, 5.74) is 0.561. The first kappa shape index (κ1) is 14.3. The van der Waals surface area contributed by atoms with Gasteiger partial charge in [-0.05, 0) is 37.3 Å². The molecule has 0 bridgehead atoms. The molecular formula is C15H17FN2O2. The normalized spacial score (nSPS) is 13.6. The summed E-state index contributed by atoms with van der Waals surface area (Å²) in [5, 5.41) is 12.8. The van der Waals surface area contributed by atoms with Crippen molar-refractivity contribution in [1.29, 1.82) is 0 Å². The average Bonchev–Trinajstić information content (AvgIpc) is 2.48. The first-order valence-corrected chi connectivity index (χ1v) is 6.21. The number of aliphatic hydroxyl groups excluding tert-OH is 1. The van der Waals surface area contributed by atoms with Crippen LogP contribution >= 0.6 is 0 Å². The van der Waals surface area contributed by atoms with Crippen LogP contribution in [-0.2, 0) is 5.54 Å². The Kier molecular flexibility index (Phi) is 4.20. The SMILES string of the molecule is COc1ccc(NC(C)(CO)c2cncc(F)c2)cc1. The molecule has 2 rings (SSSR count). The van der Waals surface area contributed by atoms with Crippen LogP contribution in [0.15, 0.2) is 42.7 Å². The van der Waals surface area contributed by atoms with Gasteiger partial charge in [0, 0.05) is 17.4 Å². The number of anilines is 1. The first-order valence-electron chi connectivity index (χ1n) is 6.21. The Bertz CT molecular complexity index is 574. The van der Waals surface area contributed by atoms with Gasteiger partial charge < -0.3 is 15.2 Å². The molecular weight excluding hydrogens is 259 g/mol. The molecule has 0 saturated heterocycles. The van der Waals surface area contributed by atoms with E-state index < -0.39 is 11.4 Å². The highest BCUT2D eigenvalue weighted by molar-refractivity contribution is 5.50. The third-order valence-electron chi connectivity index (χ3n) is 3.17. The van der Waals surface area contributed by atoms with E-state index in [4.69, 9.17) is 4.74 Å². The van der Waals surface area contributed by atoms with Crippen LogP contribution in [0, 0.1) is 5.82 Å². The molecule has 1 atom stereocenters. The molecule has 1 heterocycles. The fourth-order valence-electron chi connectivity index (χ4n) is 1.91. The molecule has 0 amide bonds. The van der Waals surface area contributed by atoms with Crippen molar-refractivity contribution in [2.75, 3.05) is 19.0 Å². The molecule has 20 heavy (non-hydrogen) atoms. The highest BCUT2D eigenvalue weighted by Gasteiger charge is 2.26. The van der Waals surface area contributed by atoms with Crippen LogP contribution in [0.5, 0.6) is 5.75 Å². The van der Waals surface area contributed by atoms with Gasteiger partial charge in [0.2, 0.25) is 0 Å². The Morgan fingerprint density at radius 2 is 2.00 bits per heavy atom. The van der Waals surface area contributed by atoms with Crippen LogP contribution in [-0.4, -0.2) is 23.8 Å². The second kappa shape index (κ2) is 5.88. The van der Waals surface area contributed by atoms with Gasteiger partial charge in [-0.25, -0.2) is 4.39 Å². The number of hydrogen-bond donors (Lipinski definition) is 2. The van der Waals surface area contributed by atoms with Gasteiger partial charge in [0.05, 0.1) is 25.5 Å². The number of nitrogens with zero attached hydrogens (tertiary/aromatic N) is 1. The van der Waals surface area contributed by atoms with E-state index in [0.717, 1.165) is 17.6 Å². The number of benzene rings is 1. The van der Waals surface area contributed by atoms with Crippen molar-refractivity contribution in [3.63, 3.8) is 0 Å². The van der Waals surface area contributed by atoms with Crippen molar-refractivity contribution in [3.05, 3.63) is 54.1 Å². The minimum absolute atomic E-state index is 0.190. The minimum atomic E-state index is -0.816. The van der Waals surface area contributed by atoms with Crippen molar-refractivity contribution in [3.8, 4) is 5.75 Å². The summed E-state index contributed by atoms with van der Waals surface area (Å²) in [7, 11) is 1.60. The van der Waals surface area contributed by atoms with Crippen LogP contribution in [0.4, 0.5) is 10.1 Å². The van der Waals surface area contributed by atoms with Crippen LogP contribution in [0.2, 0.25) is 0 Å². The van der Waals surface area contributed by atoms with E-state index in [1.807, 2.05) is 24.3 Å². The summed E-state index contributed by atoms with van der Waals surface area (Å²) in [6, 6.07) is 8.65. The minimum Gasteiger partial charge on any atom is -0.497 e. The van der Waals surface area contributed by atoms with E-state index in [0.29, 0.717) is 5.56 Å². The molecule has 4 nitrogen and oxygen atoms in total. The number of aliphatic hydroxyl groups is 1. The van der Waals surface area contributed by atoms with Crippen molar-refractivity contribution in [1.82, 2.24) is 4.98 Å². The molecule has 0 saturated carbocycles. The lowest BCUT2D eigenvalue weighted by Gasteiger charge is -2.30.